The van der Waals surface area contributed by atoms with E-state index in [1.54, 1.807) is 0 Å². The molecule has 3 rings (SSSR count). The molecular weight excluding hydrogens is 338 g/mol. The van der Waals surface area contributed by atoms with Crippen LogP contribution in [-0.4, -0.2) is 21.9 Å². The van der Waals surface area contributed by atoms with Crippen LogP contribution in [0.25, 0.3) is 0 Å². The fourth-order valence-corrected chi connectivity index (χ4v) is 3.20. The average molecular weight is 367 g/mol. The van der Waals surface area contributed by atoms with Gasteiger partial charge in [-0.2, -0.15) is 4.98 Å². The Morgan fingerprint density at radius 3 is 2.37 bits per heavy atom. The van der Waals surface area contributed by atoms with Crippen molar-refractivity contribution in [3.63, 3.8) is 0 Å². The zero-order valence-electron chi connectivity index (χ0n) is 16.4. The number of nitrogens with one attached hydrogen (secondary N) is 3. The quantitative estimate of drug-likeness (QED) is 0.679. The highest BCUT2D eigenvalue weighted by atomic mass is 16.1. The minimum atomic E-state index is -0.0399. The second kappa shape index (κ2) is 8.84. The smallest absolute Gasteiger partial charge is 0.226 e. The number of rotatable bonds is 6. The molecule has 0 spiro atoms. The summed E-state index contributed by atoms with van der Waals surface area (Å²) in [5.74, 6) is 1.42. The number of aromatic nitrogens is 2. The van der Waals surface area contributed by atoms with Crippen LogP contribution in [0.1, 0.15) is 51.6 Å². The van der Waals surface area contributed by atoms with Gasteiger partial charge in [0.15, 0.2) is 0 Å². The highest BCUT2D eigenvalue weighted by Crippen LogP contribution is 2.23. The highest BCUT2D eigenvalue weighted by Gasteiger charge is 2.14. The summed E-state index contributed by atoms with van der Waals surface area (Å²) in [7, 11) is 0. The van der Waals surface area contributed by atoms with E-state index in [9.17, 15) is 4.79 Å². The highest BCUT2D eigenvalue weighted by molar-refractivity contribution is 5.92. The molecule has 0 atom stereocenters. The molecule has 0 bridgehead atoms. The molecule has 3 N–H and O–H groups in total. The maximum Gasteiger partial charge on any atom is 0.226 e. The Kier molecular flexibility index (Phi) is 6.27. The van der Waals surface area contributed by atoms with Gasteiger partial charge in [0.25, 0.3) is 0 Å². The third kappa shape index (κ3) is 5.67. The molecule has 1 heterocycles. The van der Waals surface area contributed by atoms with Crippen LogP contribution in [0.5, 0.6) is 0 Å². The Morgan fingerprint density at radius 1 is 1.04 bits per heavy atom. The molecule has 1 amide bonds. The normalized spacial score (nSPS) is 14.8. The summed E-state index contributed by atoms with van der Waals surface area (Å²) in [4.78, 5) is 20.9. The van der Waals surface area contributed by atoms with Crippen molar-refractivity contribution < 1.29 is 4.79 Å². The molecule has 6 nitrogen and oxygen atoms in total. The van der Waals surface area contributed by atoms with Crippen molar-refractivity contribution in [2.75, 3.05) is 16.0 Å². The van der Waals surface area contributed by atoms with Crippen LogP contribution in [0.2, 0.25) is 0 Å². The minimum absolute atomic E-state index is 0.0144. The summed E-state index contributed by atoms with van der Waals surface area (Å²) in [5.41, 5.74) is 2.63. The predicted molar refractivity (Wildman–Crippen MR) is 110 cm³/mol. The second-order valence-corrected chi connectivity index (χ2v) is 7.54. The van der Waals surface area contributed by atoms with Crippen molar-refractivity contribution in [1.82, 2.24) is 9.97 Å². The number of nitrogens with zero attached hydrogens (tertiary/aromatic N) is 2. The minimum Gasteiger partial charge on any atom is -0.351 e. The number of hydrogen-bond acceptors (Lipinski definition) is 5. The summed E-state index contributed by atoms with van der Waals surface area (Å²) in [5, 5.41) is 9.70. The van der Waals surface area contributed by atoms with Crippen molar-refractivity contribution in [3.8, 4) is 0 Å². The predicted octanol–water partition coefficient (Wildman–Crippen LogP) is 4.87. The first-order valence-corrected chi connectivity index (χ1v) is 9.80. The summed E-state index contributed by atoms with van der Waals surface area (Å²) < 4.78 is 0. The van der Waals surface area contributed by atoms with Gasteiger partial charge in [-0.3, -0.25) is 4.79 Å². The summed E-state index contributed by atoms with van der Waals surface area (Å²) in [6.45, 7) is 5.73. The molecule has 1 aromatic carbocycles. The monoisotopic (exact) mass is 367 g/mol. The van der Waals surface area contributed by atoms with Crippen LogP contribution in [0.3, 0.4) is 0 Å². The van der Waals surface area contributed by atoms with Crippen molar-refractivity contribution in [2.45, 2.75) is 58.9 Å². The molecule has 0 aliphatic heterocycles. The number of aryl methyl sites for hydroxylation is 1. The Morgan fingerprint density at radius 2 is 1.70 bits per heavy atom. The van der Waals surface area contributed by atoms with Crippen molar-refractivity contribution in [3.05, 3.63) is 36.0 Å². The van der Waals surface area contributed by atoms with Crippen LogP contribution in [-0.2, 0) is 4.79 Å². The van der Waals surface area contributed by atoms with E-state index < -0.39 is 0 Å². The van der Waals surface area contributed by atoms with Gasteiger partial charge in [0, 0.05) is 35.1 Å². The number of carbonyl (C=O) groups excluding carboxylic acids is 1. The zero-order chi connectivity index (χ0) is 19.2. The van der Waals surface area contributed by atoms with E-state index in [1.165, 1.54) is 32.1 Å². The van der Waals surface area contributed by atoms with Crippen LogP contribution in [0, 0.1) is 12.8 Å². The zero-order valence-corrected chi connectivity index (χ0v) is 16.4. The van der Waals surface area contributed by atoms with Gasteiger partial charge in [-0.05, 0) is 44.0 Å². The Labute approximate surface area is 161 Å². The summed E-state index contributed by atoms with van der Waals surface area (Å²) in [6.07, 6.45) is 6.24. The van der Waals surface area contributed by atoms with E-state index >= 15 is 0 Å². The molecule has 1 saturated carbocycles. The van der Waals surface area contributed by atoms with Gasteiger partial charge in [0.1, 0.15) is 5.82 Å². The molecule has 0 saturated heterocycles. The molecule has 0 unspecified atom stereocenters. The van der Waals surface area contributed by atoms with E-state index in [-0.39, 0.29) is 11.8 Å². The van der Waals surface area contributed by atoms with Crippen LogP contribution in [0.15, 0.2) is 30.3 Å². The summed E-state index contributed by atoms with van der Waals surface area (Å²) in [6, 6.07) is 10.0. The van der Waals surface area contributed by atoms with Crippen LogP contribution < -0.4 is 16.0 Å². The molecule has 144 valence electrons. The lowest BCUT2D eigenvalue weighted by Crippen LogP contribution is -2.23. The summed E-state index contributed by atoms with van der Waals surface area (Å²) >= 11 is 0. The Balaban J connectivity index is 1.65. The first kappa shape index (κ1) is 19.1. The molecule has 1 aromatic heterocycles. The van der Waals surface area contributed by atoms with E-state index in [0.717, 1.165) is 22.9 Å². The molecule has 1 aliphatic carbocycles. The van der Waals surface area contributed by atoms with Crippen molar-refractivity contribution in [1.29, 1.82) is 0 Å². The van der Waals surface area contributed by atoms with Gasteiger partial charge in [-0.1, -0.05) is 33.1 Å². The Hall–Kier alpha value is -2.63. The fraction of sp³-hybridized carbons (Fsp3) is 0.476. The van der Waals surface area contributed by atoms with Gasteiger partial charge in [0.2, 0.25) is 11.9 Å². The topological polar surface area (TPSA) is 78.9 Å². The third-order valence-corrected chi connectivity index (χ3v) is 4.74. The van der Waals surface area contributed by atoms with Gasteiger partial charge in [0.05, 0.1) is 0 Å². The molecule has 0 radical (unpaired) electrons. The lowest BCUT2D eigenvalue weighted by Gasteiger charge is -2.23. The lowest BCUT2D eigenvalue weighted by molar-refractivity contribution is -0.118. The lowest BCUT2D eigenvalue weighted by atomic mass is 9.96. The van der Waals surface area contributed by atoms with E-state index in [0.29, 0.717) is 12.0 Å². The average Bonchev–Trinajstić information content (AvgIpc) is 2.63. The van der Waals surface area contributed by atoms with Crippen LogP contribution >= 0.6 is 0 Å². The maximum absolute atomic E-state index is 11.8. The number of anilines is 4. The SMILES string of the molecule is Cc1cc(Nc2ccc(NC(=O)C(C)C)cc2)nc(NC2CCCCC2)n1. The molecule has 1 aliphatic rings. The van der Waals surface area contributed by atoms with Gasteiger partial charge in [-0.25, -0.2) is 4.98 Å². The van der Waals surface area contributed by atoms with E-state index in [1.807, 2.05) is 51.1 Å². The number of carbonyl (C=O) groups is 1. The van der Waals surface area contributed by atoms with E-state index in [2.05, 4.69) is 25.9 Å². The third-order valence-electron chi connectivity index (χ3n) is 4.74. The number of amides is 1. The van der Waals surface area contributed by atoms with Gasteiger partial charge >= 0.3 is 0 Å². The molecule has 6 heteroatoms. The largest absolute Gasteiger partial charge is 0.351 e. The second-order valence-electron chi connectivity index (χ2n) is 7.54. The van der Waals surface area contributed by atoms with Gasteiger partial charge < -0.3 is 16.0 Å². The maximum atomic E-state index is 11.8. The standard InChI is InChI=1S/C21H29N5O/c1-14(2)20(27)24-18-11-9-17(10-12-18)23-19-13-15(3)22-21(26-19)25-16-7-5-4-6-8-16/h9-14,16H,4-8H2,1-3H3,(H,24,27)(H2,22,23,25,26). The molecule has 27 heavy (non-hydrogen) atoms. The first-order valence-electron chi connectivity index (χ1n) is 9.80. The van der Waals surface area contributed by atoms with Crippen molar-refractivity contribution >= 4 is 29.0 Å². The van der Waals surface area contributed by atoms with E-state index in [4.69, 9.17) is 0 Å². The first-order chi connectivity index (χ1) is 13.0. The van der Waals surface area contributed by atoms with Gasteiger partial charge in [-0.15, -0.1) is 0 Å². The van der Waals surface area contributed by atoms with Crippen molar-refractivity contribution in [2.24, 2.45) is 5.92 Å². The fourth-order valence-electron chi connectivity index (χ4n) is 3.20. The molecule has 1 fully saturated rings. The van der Waals surface area contributed by atoms with Crippen LogP contribution in [0.4, 0.5) is 23.1 Å². The molecular formula is C21H29N5O. The number of hydrogen-bond donors (Lipinski definition) is 3. The Bertz CT molecular complexity index is 767. The molecule has 2 aromatic rings. The number of benzene rings is 1.